The van der Waals surface area contributed by atoms with Gasteiger partial charge in [-0.1, -0.05) is 30.3 Å². The first-order chi connectivity index (χ1) is 8.68. The van der Waals surface area contributed by atoms with E-state index >= 15 is 0 Å². The van der Waals surface area contributed by atoms with Crippen LogP contribution in [0.5, 0.6) is 0 Å². The predicted octanol–water partition coefficient (Wildman–Crippen LogP) is 1.18. The largest absolute Gasteiger partial charge is 0.368 e. The molecule has 4 nitrogen and oxygen atoms in total. The van der Waals surface area contributed by atoms with E-state index in [9.17, 15) is 9.59 Å². The molecule has 2 N–H and O–H groups in total. The summed E-state index contributed by atoms with van der Waals surface area (Å²) in [6, 6.07) is 9.12. The molecule has 1 aromatic carbocycles. The number of nitrogens with zero attached hydrogens (tertiary/aromatic N) is 1. The number of primary amides is 1. The van der Waals surface area contributed by atoms with Crippen molar-refractivity contribution in [1.29, 1.82) is 0 Å². The molecule has 1 saturated heterocycles. The van der Waals surface area contributed by atoms with Crippen molar-refractivity contribution < 1.29 is 9.59 Å². The van der Waals surface area contributed by atoms with Crippen molar-refractivity contribution in [1.82, 2.24) is 4.90 Å². The molecule has 18 heavy (non-hydrogen) atoms. The number of hydrogen-bond donors (Lipinski definition) is 1. The number of amides is 2. The van der Waals surface area contributed by atoms with Crippen molar-refractivity contribution in [3.05, 3.63) is 42.0 Å². The zero-order valence-corrected chi connectivity index (χ0v) is 10.1. The molecule has 0 spiro atoms. The van der Waals surface area contributed by atoms with E-state index in [2.05, 4.69) is 0 Å². The van der Waals surface area contributed by atoms with Gasteiger partial charge in [0.05, 0.1) is 0 Å². The van der Waals surface area contributed by atoms with Gasteiger partial charge in [0.25, 0.3) is 0 Å². The van der Waals surface area contributed by atoms with Crippen LogP contribution in [-0.2, 0) is 9.59 Å². The monoisotopic (exact) mass is 244 g/mol. The first-order valence-corrected chi connectivity index (χ1v) is 6.01. The minimum absolute atomic E-state index is 0.153. The van der Waals surface area contributed by atoms with Crippen molar-refractivity contribution in [3.8, 4) is 0 Å². The fourth-order valence-electron chi connectivity index (χ4n) is 2.15. The van der Waals surface area contributed by atoms with E-state index in [1.807, 2.05) is 30.3 Å². The SMILES string of the molecule is NC(=O)C1CCCN1C(=O)/C=C/c1ccccc1. The van der Waals surface area contributed by atoms with Crippen LogP contribution in [0.4, 0.5) is 0 Å². The Labute approximate surface area is 106 Å². The van der Waals surface area contributed by atoms with Crippen LogP contribution in [0.2, 0.25) is 0 Å². The zero-order chi connectivity index (χ0) is 13.0. The Morgan fingerprint density at radius 2 is 2.00 bits per heavy atom. The van der Waals surface area contributed by atoms with Gasteiger partial charge >= 0.3 is 0 Å². The maximum absolute atomic E-state index is 12.0. The summed E-state index contributed by atoms with van der Waals surface area (Å²) in [5.74, 6) is -0.575. The smallest absolute Gasteiger partial charge is 0.247 e. The average molecular weight is 244 g/mol. The molecule has 1 aliphatic rings. The molecule has 0 bridgehead atoms. The van der Waals surface area contributed by atoms with Crippen molar-refractivity contribution in [2.75, 3.05) is 6.54 Å². The van der Waals surface area contributed by atoms with Crippen LogP contribution < -0.4 is 5.73 Å². The lowest BCUT2D eigenvalue weighted by Gasteiger charge is -2.20. The molecule has 1 fully saturated rings. The summed E-state index contributed by atoms with van der Waals surface area (Å²) in [6.07, 6.45) is 4.74. The van der Waals surface area contributed by atoms with E-state index in [1.165, 1.54) is 6.08 Å². The molecule has 94 valence electrons. The Morgan fingerprint density at radius 3 is 2.67 bits per heavy atom. The van der Waals surface area contributed by atoms with Crippen molar-refractivity contribution in [2.24, 2.45) is 5.73 Å². The second-order valence-electron chi connectivity index (χ2n) is 4.34. The third-order valence-corrected chi connectivity index (χ3v) is 3.08. The molecule has 2 rings (SSSR count). The van der Waals surface area contributed by atoms with Gasteiger partial charge in [-0.05, 0) is 24.5 Å². The Morgan fingerprint density at radius 1 is 1.28 bits per heavy atom. The fraction of sp³-hybridized carbons (Fsp3) is 0.286. The van der Waals surface area contributed by atoms with Crippen molar-refractivity contribution in [2.45, 2.75) is 18.9 Å². The number of nitrogens with two attached hydrogens (primary N) is 1. The Hall–Kier alpha value is -2.10. The minimum atomic E-state index is -0.446. The Kier molecular flexibility index (Phi) is 3.77. The van der Waals surface area contributed by atoms with Crippen LogP contribution in [0.3, 0.4) is 0 Å². The van der Waals surface area contributed by atoms with E-state index in [0.29, 0.717) is 13.0 Å². The maximum Gasteiger partial charge on any atom is 0.247 e. The molecule has 2 amide bonds. The van der Waals surface area contributed by atoms with Gasteiger partial charge in [0.1, 0.15) is 6.04 Å². The van der Waals surface area contributed by atoms with E-state index in [0.717, 1.165) is 12.0 Å². The average Bonchev–Trinajstić information content (AvgIpc) is 2.86. The molecule has 0 radical (unpaired) electrons. The summed E-state index contributed by atoms with van der Waals surface area (Å²) in [5.41, 5.74) is 6.24. The highest BCUT2D eigenvalue weighted by Gasteiger charge is 2.31. The number of carbonyl (C=O) groups is 2. The molecule has 4 heteroatoms. The quantitative estimate of drug-likeness (QED) is 0.811. The van der Waals surface area contributed by atoms with Crippen LogP contribution in [0.1, 0.15) is 18.4 Å². The van der Waals surface area contributed by atoms with Gasteiger partial charge < -0.3 is 10.6 Å². The molecule has 0 saturated carbocycles. The second-order valence-corrected chi connectivity index (χ2v) is 4.34. The minimum Gasteiger partial charge on any atom is -0.368 e. The molecule has 0 aliphatic carbocycles. The lowest BCUT2D eigenvalue weighted by Crippen LogP contribution is -2.42. The highest BCUT2D eigenvalue weighted by atomic mass is 16.2. The molecule has 1 aromatic rings. The van der Waals surface area contributed by atoms with E-state index in [1.54, 1.807) is 11.0 Å². The van der Waals surface area contributed by atoms with Gasteiger partial charge in [-0.25, -0.2) is 0 Å². The standard InChI is InChI=1S/C14H16N2O2/c15-14(18)12-7-4-10-16(12)13(17)9-8-11-5-2-1-3-6-11/h1-3,5-6,8-9,12H,4,7,10H2,(H2,15,18)/b9-8+. The molecular formula is C14H16N2O2. The highest BCUT2D eigenvalue weighted by Crippen LogP contribution is 2.17. The van der Waals surface area contributed by atoms with Gasteiger partial charge in [-0.2, -0.15) is 0 Å². The van der Waals surface area contributed by atoms with E-state index in [-0.39, 0.29) is 5.91 Å². The number of hydrogen-bond acceptors (Lipinski definition) is 2. The molecule has 1 unspecified atom stereocenters. The summed E-state index contributed by atoms with van der Waals surface area (Å²) in [6.45, 7) is 0.603. The summed E-state index contributed by atoms with van der Waals surface area (Å²) < 4.78 is 0. The zero-order valence-electron chi connectivity index (χ0n) is 10.1. The first kappa shape index (κ1) is 12.4. The van der Waals surface area contributed by atoms with E-state index in [4.69, 9.17) is 5.73 Å². The van der Waals surface area contributed by atoms with Crippen molar-refractivity contribution in [3.63, 3.8) is 0 Å². The van der Waals surface area contributed by atoms with Crippen LogP contribution in [0, 0.1) is 0 Å². The Bertz CT molecular complexity index is 468. The first-order valence-electron chi connectivity index (χ1n) is 6.01. The highest BCUT2D eigenvalue weighted by molar-refractivity contribution is 5.95. The number of likely N-dealkylation sites (tertiary alicyclic amines) is 1. The van der Waals surface area contributed by atoms with Gasteiger partial charge in [-0.3, -0.25) is 9.59 Å². The lowest BCUT2D eigenvalue weighted by molar-refractivity contribution is -0.133. The normalized spacial score (nSPS) is 19.3. The van der Waals surface area contributed by atoms with Gasteiger partial charge in [0, 0.05) is 12.6 Å². The van der Waals surface area contributed by atoms with Gasteiger partial charge in [0.15, 0.2) is 0 Å². The summed E-state index contributed by atoms with van der Waals surface area (Å²) in [4.78, 5) is 24.7. The van der Waals surface area contributed by atoms with Crippen molar-refractivity contribution >= 4 is 17.9 Å². The van der Waals surface area contributed by atoms with Gasteiger partial charge in [-0.15, -0.1) is 0 Å². The third kappa shape index (κ3) is 2.77. The molecule has 0 aromatic heterocycles. The Balaban J connectivity index is 2.04. The predicted molar refractivity (Wildman–Crippen MR) is 69.4 cm³/mol. The van der Waals surface area contributed by atoms with Crippen LogP contribution >= 0.6 is 0 Å². The number of benzene rings is 1. The molecule has 1 atom stereocenters. The lowest BCUT2D eigenvalue weighted by atomic mass is 10.2. The van der Waals surface area contributed by atoms with E-state index < -0.39 is 11.9 Å². The number of rotatable bonds is 3. The molecule has 1 aliphatic heterocycles. The third-order valence-electron chi connectivity index (χ3n) is 3.08. The van der Waals surface area contributed by atoms with Gasteiger partial charge in [0.2, 0.25) is 11.8 Å². The summed E-state index contributed by atoms with van der Waals surface area (Å²) in [7, 11) is 0. The maximum atomic E-state index is 12.0. The second kappa shape index (κ2) is 5.49. The molecular weight excluding hydrogens is 228 g/mol. The fourth-order valence-corrected chi connectivity index (χ4v) is 2.15. The summed E-state index contributed by atoms with van der Waals surface area (Å²) >= 11 is 0. The summed E-state index contributed by atoms with van der Waals surface area (Å²) in [5, 5.41) is 0. The molecule has 1 heterocycles. The topological polar surface area (TPSA) is 63.4 Å². The van der Waals surface area contributed by atoms with Crippen LogP contribution in [-0.4, -0.2) is 29.3 Å². The number of carbonyl (C=O) groups excluding carboxylic acids is 2. The van der Waals surface area contributed by atoms with Crippen LogP contribution in [0.25, 0.3) is 6.08 Å². The van der Waals surface area contributed by atoms with Crippen LogP contribution in [0.15, 0.2) is 36.4 Å².